The number of hydrogen-bond acceptors (Lipinski definition) is 6. The third-order valence-electron chi connectivity index (χ3n) is 3.92. The van der Waals surface area contributed by atoms with E-state index in [-0.39, 0.29) is 23.7 Å². The number of benzene rings is 1. The predicted molar refractivity (Wildman–Crippen MR) is 104 cm³/mol. The molecule has 0 aliphatic carbocycles. The van der Waals surface area contributed by atoms with Crippen molar-refractivity contribution in [3.63, 3.8) is 0 Å². The molecule has 0 spiro atoms. The number of nitrogens with zero attached hydrogens (tertiary/aromatic N) is 4. The molecule has 4 aromatic rings. The summed E-state index contributed by atoms with van der Waals surface area (Å²) in [6.45, 7) is 1.57. The number of halogens is 1. The summed E-state index contributed by atoms with van der Waals surface area (Å²) in [6, 6.07) is 7.78. The fourth-order valence-corrected chi connectivity index (χ4v) is 4.29. The molecule has 136 valence electrons. The Bertz CT molecular complexity index is 1200. The van der Waals surface area contributed by atoms with Gasteiger partial charge in [-0.2, -0.15) is 0 Å². The van der Waals surface area contributed by atoms with E-state index in [2.05, 4.69) is 9.97 Å². The van der Waals surface area contributed by atoms with E-state index in [1.807, 2.05) is 5.38 Å². The molecule has 0 saturated carbocycles. The standard InChI is InChI=1S/C18H13FN4O2S2/c1-11(24)23(15-5-3-2-4-14(15)19)18-21-12(9-27-18)8-22-10-20-16-13(17(22)25)6-7-26-16/h2-7,9-10H,8H2,1H3. The second-order valence-electron chi connectivity index (χ2n) is 5.74. The van der Waals surface area contributed by atoms with Crippen LogP contribution in [0.2, 0.25) is 0 Å². The largest absolute Gasteiger partial charge is 0.293 e. The Morgan fingerprint density at radius 2 is 2.07 bits per heavy atom. The molecule has 3 heterocycles. The molecule has 27 heavy (non-hydrogen) atoms. The normalized spacial score (nSPS) is 11.0. The maximum absolute atomic E-state index is 14.1. The number of hydrogen-bond donors (Lipinski definition) is 0. The SMILES string of the molecule is CC(=O)N(c1nc(Cn2cnc3sccc3c2=O)cs1)c1ccccc1F. The highest BCUT2D eigenvalue weighted by Crippen LogP contribution is 2.30. The van der Waals surface area contributed by atoms with Crippen molar-refractivity contribution in [1.82, 2.24) is 14.5 Å². The van der Waals surface area contributed by atoms with Gasteiger partial charge in [-0.05, 0) is 23.6 Å². The molecule has 0 fully saturated rings. The summed E-state index contributed by atoms with van der Waals surface area (Å²) >= 11 is 2.62. The average Bonchev–Trinajstić information content (AvgIpc) is 3.29. The molecule has 9 heteroatoms. The number of aromatic nitrogens is 3. The molecule has 0 aliphatic rings. The average molecular weight is 400 g/mol. The zero-order valence-electron chi connectivity index (χ0n) is 14.1. The number of thiazole rings is 1. The van der Waals surface area contributed by atoms with Crippen LogP contribution in [0.5, 0.6) is 0 Å². The molecule has 0 aliphatic heterocycles. The Hall–Kier alpha value is -2.91. The van der Waals surface area contributed by atoms with Crippen molar-refractivity contribution in [1.29, 1.82) is 0 Å². The Labute approximate surface area is 161 Å². The molecular weight excluding hydrogens is 387 g/mol. The van der Waals surface area contributed by atoms with Gasteiger partial charge in [0.1, 0.15) is 10.6 Å². The summed E-state index contributed by atoms with van der Waals surface area (Å²) in [4.78, 5) is 35.2. The van der Waals surface area contributed by atoms with Crippen molar-refractivity contribution < 1.29 is 9.18 Å². The van der Waals surface area contributed by atoms with Crippen LogP contribution in [0.4, 0.5) is 15.2 Å². The van der Waals surface area contributed by atoms with Crippen LogP contribution < -0.4 is 10.5 Å². The molecular formula is C18H13FN4O2S2. The van der Waals surface area contributed by atoms with E-state index in [9.17, 15) is 14.0 Å². The van der Waals surface area contributed by atoms with E-state index in [1.165, 1.54) is 57.5 Å². The van der Waals surface area contributed by atoms with Crippen LogP contribution in [-0.2, 0) is 11.3 Å². The molecule has 3 aromatic heterocycles. The smallest absolute Gasteiger partial charge is 0.262 e. The van der Waals surface area contributed by atoms with Gasteiger partial charge in [0.25, 0.3) is 5.56 Å². The predicted octanol–water partition coefficient (Wildman–Crippen LogP) is 3.79. The van der Waals surface area contributed by atoms with Crippen LogP contribution in [0.25, 0.3) is 10.2 Å². The molecule has 6 nitrogen and oxygen atoms in total. The van der Waals surface area contributed by atoms with Gasteiger partial charge in [0.15, 0.2) is 5.13 Å². The molecule has 1 aromatic carbocycles. The Balaban J connectivity index is 1.67. The third kappa shape index (κ3) is 3.26. The van der Waals surface area contributed by atoms with Crippen molar-refractivity contribution in [3.8, 4) is 0 Å². The van der Waals surface area contributed by atoms with Crippen LogP contribution in [0, 0.1) is 5.82 Å². The van der Waals surface area contributed by atoms with Gasteiger partial charge in [-0.15, -0.1) is 22.7 Å². The zero-order chi connectivity index (χ0) is 19.0. The first-order valence-corrected chi connectivity index (χ1v) is 9.73. The van der Waals surface area contributed by atoms with Gasteiger partial charge in [-0.25, -0.2) is 14.4 Å². The summed E-state index contributed by atoms with van der Waals surface area (Å²) in [5, 5.41) is 4.48. The van der Waals surface area contributed by atoms with Gasteiger partial charge in [-0.1, -0.05) is 12.1 Å². The van der Waals surface area contributed by atoms with E-state index >= 15 is 0 Å². The van der Waals surface area contributed by atoms with Gasteiger partial charge in [0.05, 0.1) is 29.6 Å². The molecule has 0 saturated heterocycles. The van der Waals surface area contributed by atoms with Crippen LogP contribution in [-0.4, -0.2) is 20.4 Å². The van der Waals surface area contributed by atoms with Crippen LogP contribution >= 0.6 is 22.7 Å². The molecule has 0 atom stereocenters. The number of amides is 1. The fourth-order valence-electron chi connectivity index (χ4n) is 2.69. The molecule has 4 rings (SSSR count). The van der Waals surface area contributed by atoms with Crippen LogP contribution in [0.1, 0.15) is 12.6 Å². The van der Waals surface area contributed by atoms with E-state index in [1.54, 1.807) is 23.6 Å². The first kappa shape index (κ1) is 17.5. The second kappa shape index (κ2) is 7.01. The maximum Gasteiger partial charge on any atom is 0.262 e. The number of fused-ring (bicyclic) bond motifs is 1. The van der Waals surface area contributed by atoms with E-state index in [4.69, 9.17) is 0 Å². The van der Waals surface area contributed by atoms with E-state index < -0.39 is 5.82 Å². The number of carbonyl (C=O) groups excluding carboxylic acids is 1. The van der Waals surface area contributed by atoms with Crippen molar-refractivity contribution in [2.45, 2.75) is 13.5 Å². The monoisotopic (exact) mass is 400 g/mol. The minimum Gasteiger partial charge on any atom is -0.293 e. The Morgan fingerprint density at radius 3 is 2.85 bits per heavy atom. The Morgan fingerprint density at radius 1 is 1.26 bits per heavy atom. The summed E-state index contributed by atoms with van der Waals surface area (Å²) in [5.41, 5.74) is 0.592. The first-order valence-electron chi connectivity index (χ1n) is 7.97. The van der Waals surface area contributed by atoms with Crippen molar-refractivity contribution in [3.05, 3.63) is 69.3 Å². The second-order valence-corrected chi connectivity index (χ2v) is 7.48. The lowest BCUT2D eigenvalue weighted by Crippen LogP contribution is -2.24. The molecule has 1 amide bonds. The molecule has 0 N–H and O–H groups in total. The van der Waals surface area contributed by atoms with Gasteiger partial charge in [0, 0.05) is 12.3 Å². The van der Waals surface area contributed by atoms with Crippen molar-refractivity contribution in [2.24, 2.45) is 0 Å². The highest BCUT2D eigenvalue weighted by molar-refractivity contribution is 7.16. The highest BCUT2D eigenvalue weighted by atomic mass is 32.1. The minimum absolute atomic E-state index is 0.143. The number of rotatable bonds is 4. The number of anilines is 2. The Kier molecular flexibility index (Phi) is 4.54. The quantitative estimate of drug-likeness (QED) is 0.523. The van der Waals surface area contributed by atoms with Crippen LogP contribution in [0.15, 0.2) is 52.2 Å². The number of para-hydroxylation sites is 1. The molecule has 0 bridgehead atoms. The lowest BCUT2D eigenvalue weighted by molar-refractivity contribution is -0.115. The van der Waals surface area contributed by atoms with E-state index in [0.29, 0.717) is 21.0 Å². The molecule has 0 unspecified atom stereocenters. The lowest BCUT2D eigenvalue weighted by Gasteiger charge is -2.18. The third-order valence-corrected chi connectivity index (χ3v) is 5.62. The number of carbonyl (C=O) groups is 1. The van der Waals surface area contributed by atoms with Gasteiger partial charge in [0.2, 0.25) is 5.91 Å². The summed E-state index contributed by atoms with van der Waals surface area (Å²) in [7, 11) is 0. The van der Waals surface area contributed by atoms with Crippen LogP contribution in [0.3, 0.4) is 0 Å². The van der Waals surface area contributed by atoms with Crippen molar-refractivity contribution >= 4 is 49.6 Å². The lowest BCUT2D eigenvalue weighted by atomic mass is 10.3. The van der Waals surface area contributed by atoms with Gasteiger partial charge < -0.3 is 0 Å². The molecule has 0 radical (unpaired) electrons. The number of thiophene rings is 1. The van der Waals surface area contributed by atoms with Gasteiger partial charge >= 0.3 is 0 Å². The summed E-state index contributed by atoms with van der Waals surface area (Å²) in [5.74, 6) is -0.854. The minimum atomic E-state index is -0.507. The van der Waals surface area contributed by atoms with Gasteiger partial charge in [-0.3, -0.25) is 19.1 Å². The fraction of sp³-hybridized carbons (Fsp3) is 0.111. The van der Waals surface area contributed by atoms with E-state index in [0.717, 1.165) is 0 Å². The first-order chi connectivity index (χ1) is 13.0. The summed E-state index contributed by atoms with van der Waals surface area (Å²) in [6.07, 6.45) is 1.49. The summed E-state index contributed by atoms with van der Waals surface area (Å²) < 4.78 is 15.6. The zero-order valence-corrected chi connectivity index (χ0v) is 15.8. The maximum atomic E-state index is 14.1. The van der Waals surface area contributed by atoms with Crippen molar-refractivity contribution in [2.75, 3.05) is 4.90 Å². The topological polar surface area (TPSA) is 68.1 Å². The highest BCUT2D eigenvalue weighted by Gasteiger charge is 2.21.